The highest BCUT2D eigenvalue weighted by Gasteiger charge is 2.24. The molecule has 0 radical (unpaired) electrons. The minimum Gasteiger partial charge on any atom is -0.371 e. The molecule has 0 amide bonds. The molecule has 1 saturated carbocycles. The zero-order valence-electron chi connectivity index (χ0n) is 12.5. The first-order valence-electron chi connectivity index (χ1n) is 7.59. The fraction of sp³-hybridized carbons (Fsp3) is 0.688. The maximum atomic E-state index is 4.18. The van der Waals surface area contributed by atoms with Crippen molar-refractivity contribution in [3.8, 4) is 0 Å². The summed E-state index contributed by atoms with van der Waals surface area (Å²) in [6, 6.07) is 3.56. The molecule has 1 heterocycles. The van der Waals surface area contributed by atoms with Gasteiger partial charge < -0.3 is 10.2 Å². The monoisotopic (exact) mass is 261 g/mol. The second-order valence-corrected chi connectivity index (χ2v) is 5.73. The van der Waals surface area contributed by atoms with Gasteiger partial charge in [-0.15, -0.1) is 0 Å². The Balaban J connectivity index is 1.89. The molecule has 1 N–H and O–H groups in total. The van der Waals surface area contributed by atoms with Crippen molar-refractivity contribution in [3.63, 3.8) is 0 Å². The van der Waals surface area contributed by atoms with E-state index in [4.69, 9.17) is 0 Å². The highest BCUT2D eigenvalue weighted by atomic mass is 15.1. The van der Waals surface area contributed by atoms with Crippen molar-refractivity contribution in [2.24, 2.45) is 0 Å². The summed E-state index contributed by atoms with van der Waals surface area (Å²) in [5, 5.41) is 3.65. The quantitative estimate of drug-likeness (QED) is 0.882. The summed E-state index contributed by atoms with van der Waals surface area (Å²) in [6.07, 6.45) is 10.3. The van der Waals surface area contributed by atoms with Gasteiger partial charge in [0.25, 0.3) is 0 Å². The molecule has 1 aromatic rings. The number of aromatic nitrogens is 1. The lowest BCUT2D eigenvalue weighted by molar-refractivity contribution is 0.337. The molecular formula is C16H27N3. The average Bonchev–Trinajstić information content (AvgIpc) is 2.45. The number of nitrogens with zero attached hydrogens (tertiary/aromatic N) is 2. The zero-order chi connectivity index (χ0) is 13.7. The Morgan fingerprint density at radius 2 is 2.05 bits per heavy atom. The van der Waals surface area contributed by atoms with Crippen LogP contribution in [0.1, 0.15) is 44.6 Å². The van der Waals surface area contributed by atoms with Gasteiger partial charge in [-0.05, 0) is 57.2 Å². The molecule has 0 atom stereocenters. The van der Waals surface area contributed by atoms with E-state index in [-0.39, 0.29) is 0 Å². The van der Waals surface area contributed by atoms with Gasteiger partial charge in [0.15, 0.2) is 0 Å². The smallest absolute Gasteiger partial charge is 0.0426 e. The van der Waals surface area contributed by atoms with Crippen LogP contribution in [0.2, 0.25) is 0 Å². The maximum Gasteiger partial charge on any atom is 0.0426 e. The second kappa shape index (κ2) is 6.90. The lowest BCUT2D eigenvalue weighted by atomic mass is 9.90. The van der Waals surface area contributed by atoms with Crippen molar-refractivity contribution >= 4 is 5.69 Å². The molecule has 1 fully saturated rings. The van der Waals surface area contributed by atoms with Gasteiger partial charge >= 0.3 is 0 Å². The molecular weight excluding hydrogens is 234 g/mol. The molecule has 1 aliphatic carbocycles. The zero-order valence-corrected chi connectivity index (χ0v) is 12.5. The van der Waals surface area contributed by atoms with E-state index >= 15 is 0 Å². The lowest BCUT2D eigenvalue weighted by Crippen LogP contribution is -2.41. The van der Waals surface area contributed by atoms with Gasteiger partial charge in [0, 0.05) is 37.2 Å². The Morgan fingerprint density at radius 1 is 1.32 bits per heavy atom. The minimum absolute atomic E-state index is 0.681. The summed E-state index contributed by atoms with van der Waals surface area (Å²) in [5.74, 6) is 0. The molecule has 3 nitrogen and oxygen atoms in total. The number of hydrogen-bond donors (Lipinski definition) is 1. The van der Waals surface area contributed by atoms with Gasteiger partial charge in [-0.2, -0.15) is 0 Å². The van der Waals surface area contributed by atoms with Gasteiger partial charge in [0.05, 0.1) is 0 Å². The van der Waals surface area contributed by atoms with Crippen molar-refractivity contribution in [1.82, 2.24) is 10.3 Å². The van der Waals surface area contributed by atoms with Crippen LogP contribution in [0.4, 0.5) is 5.69 Å². The molecule has 0 aromatic carbocycles. The van der Waals surface area contributed by atoms with Gasteiger partial charge in [-0.3, -0.25) is 4.98 Å². The summed E-state index contributed by atoms with van der Waals surface area (Å²) in [6.45, 7) is 5.54. The Labute approximate surface area is 117 Å². The normalized spacial score (nSPS) is 23.3. The van der Waals surface area contributed by atoms with Crippen molar-refractivity contribution in [1.29, 1.82) is 0 Å². The highest BCUT2D eigenvalue weighted by Crippen LogP contribution is 2.27. The molecule has 0 aliphatic heterocycles. The minimum atomic E-state index is 0.681. The Kier molecular flexibility index (Phi) is 5.20. The third-order valence-electron chi connectivity index (χ3n) is 4.30. The van der Waals surface area contributed by atoms with E-state index < -0.39 is 0 Å². The number of anilines is 1. The molecule has 1 aliphatic rings. The number of pyridine rings is 1. The van der Waals surface area contributed by atoms with Gasteiger partial charge in [0.1, 0.15) is 0 Å². The summed E-state index contributed by atoms with van der Waals surface area (Å²) >= 11 is 0. The summed E-state index contributed by atoms with van der Waals surface area (Å²) in [5.41, 5.74) is 2.61. The van der Waals surface area contributed by atoms with E-state index in [2.05, 4.69) is 42.2 Å². The Morgan fingerprint density at radius 3 is 2.68 bits per heavy atom. The molecule has 106 valence electrons. The molecule has 0 unspecified atom stereocenters. The SMILES string of the molecule is CCCNC1CCC(N(C)c2ccncc2C)CC1. The first kappa shape index (κ1) is 14.3. The van der Waals surface area contributed by atoms with Crippen LogP contribution in [-0.4, -0.2) is 30.7 Å². The van der Waals surface area contributed by atoms with Crippen LogP contribution < -0.4 is 10.2 Å². The van der Waals surface area contributed by atoms with E-state index in [0.29, 0.717) is 6.04 Å². The first-order chi connectivity index (χ1) is 9.22. The molecule has 19 heavy (non-hydrogen) atoms. The van der Waals surface area contributed by atoms with Gasteiger partial charge in [0.2, 0.25) is 0 Å². The van der Waals surface area contributed by atoms with Crippen LogP contribution in [0.3, 0.4) is 0 Å². The predicted molar refractivity (Wildman–Crippen MR) is 81.7 cm³/mol. The first-order valence-corrected chi connectivity index (χ1v) is 7.59. The second-order valence-electron chi connectivity index (χ2n) is 5.73. The third kappa shape index (κ3) is 3.69. The number of hydrogen-bond acceptors (Lipinski definition) is 3. The van der Waals surface area contributed by atoms with Crippen molar-refractivity contribution in [2.45, 2.75) is 58.0 Å². The topological polar surface area (TPSA) is 28.2 Å². The summed E-state index contributed by atoms with van der Waals surface area (Å²) in [7, 11) is 2.23. The van der Waals surface area contributed by atoms with Crippen LogP contribution in [0.5, 0.6) is 0 Å². The van der Waals surface area contributed by atoms with Gasteiger partial charge in [-0.25, -0.2) is 0 Å². The van der Waals surface area contributed by atoms with E-state index in [9.17, 15) is 0 Å². The van der Waals surface area contributed by atoms with Crippen molar-refractivity contribution in [2.75, 3.05) is 18.5 Å². The Hall–Kier alpha value is -1.09. The van der Waals surface area contributed by atoms with Crippen LogP contribution in [0, 0.1) is 6.92 Å². The largest absolute Gasteiger partial charge is 0.371 e. The fourth-order valence-electron chi connectivity index (χ4n) is 3.07. The third-order valence-corrected chi connectivity index (χ3v) is 4.30. The molecule has 0 bridgehead atoms. The lowest BCUT2D eigenvalue weighted by Gasteiger charge is -2.36. The summed E-state index contributed by atoms with van der Waals surface area (Å²) in [4.78, 5) is 6.63. The van der Waals surface area contributed by atoms with Crippen LogP contribution in [0.25, 0.3) is 0 Å². The molecule has 3 heteroatoms. The van der Waals surface area contributed by atoms with Crippen molar-refractivity contribution < 1.29 is 0 Å². The fourth-order valence-corrected chi connectivity index (χ4v) is 3.07. The molecule has 0 spiro atoms. The number of rotatable bonds is 5. The molecule has 1 aromatic heterocycles. The molecule has 2 rings (SSSR count). The van der Waals surface area contributed by atoms with E-state index in [1.165, 1.54) is 43.4 Å². The summed E-state index contributed by atoms with van der Waals surface area (Å²) < 4.78 is 0. The van der Waals surface area contributed by atoms with E-state index in [1.54, 1.807) is 0 Å². The Bertz CT molecular complexity index is 383. The number of nitrogens with one attached hydrogen (secondary N) is 1. The predicted octanol–water partition coefficient (Wildman–Crippen LogP) is 3.14. The van der Waals surface area contributed by atoms with Gasteiger partial charge in [-0.1, -0.05) is 6.92 Å². The number of aryl methyl sites for hydroxylation is 1. The average molecular weight is 261 g/mol. The van der Waals surface area contributed by atoms with Crippen LogP contribution in [0.15, 0.2) is 18.5 Å². The highest BCUT2D eigenvalue weighted by molar-refractivity contribution is 5.51. The maximum absolute atomic E-state index is 4.18. The van der Waals surface area contributed by atoms with Crippen LogP contribution in [-0.2, 0) is 0 Å². The van der Waals surface area contributed by atoms with Crippen LogP contribution >= 0.6 is 0 Å². The van der Waals surface area contributed by atoms with E-state index in [0.717, 1.165) is 12.6 Å². The standard InChI is InChI=1S/C16H27N3/c1-4-10-18-14-5-7-15(8-6-14)19(3)16-9-11-17-12-13(16)2/h9,11-12,14-15,18H,4-8,10H2,1-3H3. The van der Waals surface area contributed by atoms with Crippen molar-refractivity contribution in [3.05, 3.63) is 24.0 Å². The van der Waals surface area contributed by atoms with E-state index in [1.807, 2.05) is 12.4 Å². The molecule has 0 saturated heterocycles.